The van der Waals surface area contributed by atoms with E-state index in [4.69, 9.17) is 0 Å². The third-order valence-corrected chi connectivity index (χ3v) is 3.12. The third-order valence-electron chi connectivity index (χ3n) is 1.63. The molecular weight excluding hydrogens is 318 g/mol. The van der Waals surface area contributed by atoms with Crippen LogP contribution in [0.4, 0.5) is 17.6 Å². The molecule has 0 fully saturated rings. The molecule has 0 bridgehead atoms. The van der Waals surface area contributed by atoms with Crippen LogP contribution in [0.15, 0.2) is 21.5 Å². The molecule has 0 aromatic heterocycles. The van der Waals surface area contributed by atoms with Crippen LogP contribution in [0.5, 0.6) is 0 Å². The zero-order valence-electron chi connectivity index (χ0n) is 7.35. The predicted octanol–water partition coefficient (Wildman–Crippen LogP) is 2.25. The van der Waals surface area contributed by atoms with Gasteiger partial charge in [0, 0.05) is 0 Å². The summed E-state index contributed by atoms with van der Waals surface area (Å²) in [6.45, 7) is 0. The summed E-state index contributed by atoms with van der Waals surface area (Å²) in [4.78, 5) is -1.20. The normalized spacial score (nSPS) is 12.9. The Hall–Kier alpha value is -0.670. The van der Waals surface area contributed by atoms with Crippen LogP contribution in [0, 0.1) is 5.82 Å². The fourth-order valence-corrected chi connectivity index (χ4v) is 2.18. The summed E-state index contributed by atoms with van der Waals surface area (Å²) in [5.74, 6) is -1.35. The summed E-state index contributed by atoms with van der Waals surface area (Å²) in [5, 5.41) is 4.58. The summed E-state index contributed by atoms with van der Waals surface area (Å²) in [6.07, 6.45) is -4.78. The van der Waals surface area contributed by atoms with Gasteiger partial charge >= 0.3 is 6.18 Å². The summed E-state index contributed by atoms with van der Waals surface area (Å²) in [5.41, 5.74) is -1.30. The molecule has 9 heteroatoms. The molecule has 0 aliphatic carbocycles. The molecule has 0 radical (unpaired) electrons. The number of hydrogen-bond donors (Lipinski definition) is 1. The molecule has 0 unspecified atom stereocenters. The van der Waals surface area contributed by atoms with Gasteiger partial charge in [0.2, 0.25) is 10.0 Å². The van der Waals surface area contributed by atoms with Crippen LogP contribution in [0.2, 0.25) is 0 Å². The number of benzene rings is 1. The van der Waals surface area contributed by atoms with E-state index in [0.29, 0.717) is 6.07 Å². The summed E-state index contributed by atoms with van der Waals surface area (Å²) in [7, 11) is -4.54. The van der Waals surface area contributed by atoms with Crippen molar-refractivity contribution in [2.24, 2.45) is 5.14 Å². The highest BCUT2D eigenvalue weighted by atomic mass is 79.9. The van der Waals surface area contributed by atoms with Crippen LogP contribution >= 0.6 is 15.9 Å². The topological polar surface area (TPSA) is 60.2 Å². The van der Waals surface area contributed by atoms with Gasteiger partial charge in [-0.3, -0.25) is 0 Å². The lowest BCUT2D eigenvalue weighted by molar-refractivity contribution is -0.137. The second-order valence-electron chi connectivity index (χ2n) is 2.81. The van der Waals surface area contributed by atoms with Crippen molar-refractivity contribution in [3.8, 4) is 0 Å². The lowest BCUT2D eigenvalue weighted by atomic mass is 10.2. The van der Waals surface area contributed by atoms with Gasteiger partial charge in [0.15, 0.2) is 5.82 Å². The smallest absolute Gasteiger partial charge is 0.225 e. The monoisotopic (exact) mass is 321 g/mol. The van der Waals surface area contributed by atoms with Crippen LogP contribution in [-0.4, -0.2) is 8.42 Å². The second-order valence-corrected chi connectivity index (χ2v) is 5.20. The van der Waals surface area contributed by atoms with Crippen molar-refractivity contribution in [3.05, 3.63) is 28.0 Å². The molecule has 90 valence electrons. The number of nitrogens with two attached hydrogens (primary N) is 1. The van der Waals surface area contributed by atoms with Crippen LogP contribution in [-0.2, 0) is 16.2 Å². The molecule has 0 amide bonds. The van der Waals surface area contributed by atoms with Crippen molar-refractivity contribution in [3.63, 3.8) is 0 Å². The van der Waals surface area contributed by atoms with Crippen LogP contribution in [0.25, 0.3) is 0 Å². The maximum absolute atomic E-state index is 13.2. The molecule has 0 saturated carbocycles. The van der Waals surface area contributed by atoms with Gasteiger partial charge in [0.1, 0.15) is 4.90 Å². The Morgan fingerprint density at radius 2 is 1.75 bits per heavy atom. The van der Waals surface area contributed by atoms with E-state index in [1.807, 2.05) is 0 Å². The number of hydrogen-bond acceptors (Lipinski definition) is 2. The molecule has 0 heterocycles. The number of rotatable bonds is 1. The first-order valence-electron chi connectivity index (χ1n) is 3.62. The largest absolute Gasteiger partial charge is 0.416 e. The molecule has 0 saturated heterocycles. The molecule has 0 atom stereocenters. The quantitative estimate of drug-likeness (QED) is 0.806. The van der Waals surface area contributed by atoms with Crippen molar-refractivity contribution in [2.45, 2.75) is 11.1 Å². The van der Waals surface area contributed by atoms with Crippen LogP contribution in [0.1, 0.15) is 5.56 Å². The average molecular weight is 322 g/mol. The Morgan fingerprint density at radius 3 is 2.12 bits per heavy atom. The molecular formula is C7H4BrF4NO2S. The zero-order chi connectivity index (χ0) is 12.7. The fourth-order valence-electron chi connectivity index (χ4n) is 0.935. The highest BCUT2D eigenvalue weighted by Gasteiger charge is 2.33. The first kappa shape index (κ1) is 13.4. The minimum Gasteiger partial charge on any atom is -0.225 e. The molecule has 1 rings (SSSR count). The van der Waals surface area contributed by atoms with Gasteiger partial charge in [-0.25, -0.2) is 17.9 Å². The van der Waals surface area contributed by atoms with Crippen molar-refractivity contribution in [1.29, 1.82) is 0 Å². The number of halogens is 5. The van der Waals surface area contributed by atoms with E-state index < -0.39 is 36.9 Å². The van der Waals surface area contributed by atoms with Gasteiger partial charge in [0.05, 0.1) is 10.0 Å². The SMILES string of the molecule is NS(=O)(=O)c1cc(C(F)(F)F)cc(Br)c1F. The van der Waals surface area contributed by atoms with E-state index in [0.717, 1.165) is 0 Å². The van der Waals surface area contributed by atoms with E-state index in [9.17, 15) is 26.0 Å². The third kappa shape index (κ3) is 2.71. The molecule has 1 aromatic carbocycles. The first-order valence-corrected chi connectivity index (χ1v) is 5.96. The van der Waals surface area contributed by atoms with Crippen LogP contribution in [0.3, 0.4) is 0 Å². The standard InChI is InChI=1S/C7H4BrF4NO2S/c8-4-1-3(7(10,11)12)2-5(6(4)9)16(13,14)15/h1-2H,(H2,13,14,15). The Kier molecular flexibility index (Phi) is 3.32. The Morgan fingerprint density at radius 1 is 1.25 bits per heavy atom. The highest BCUT2D eigenvalue weighted by Crippen LogP contribution is 2.34. The van der Waals surface area contributed by atoms with Gasteiger partial charge in [-0.05, 0) is 28.1 Å². The minimum absolute atomic E-state index is 0.148. The maximum atomic E-state index is 13.2. The summed E-state index contributed by atoms with van der Waals surface area (Å²) in [6, 6.07) is 0.583. The molecule has 0 spiro atoms. The fraction of sp³-hybridized carbons (Fsp3) is 0.143. The number of alkyl halides is 3. The van der Waals surface area contributed by atoms with E-state index in [2.05, 4.69) is 21.1 Å². The molecule has 3 nitrogen and oxygen atoms in total. The van der Waals surface area contributed by atoms with Crippen molar-refractivity contribution in [2.75, 3.05) is 0 Å². The number of sulfonamides is 1. The maximum Gasteiger partial charge on any atom is 0.416 e. The number of primary sulfonamides is 1. The summed E-state index contributed by atoms with van der Waals surface area (Å²) < 4.78 is 71.1. The van der Waals surface area contributed by atoms with E-state index >= 15 is 0 Å². The first-order chi connectivity index (χ1) is 7.03. The van der Waals surface area contributed by atoms with Gasteiger partial charge in [-0.1, -0.05) is 0 Å². The minimum atomic E-state index is -4.78. The van der Waals surface area contributed by atoms with E-state index in [1.54, 1.807) is 0 Å². The lowest BCUT2D eigenvalue weighted by Gasteiger charge is -2.10. The predicted molar refractivity (Wildman–Crippen MR) is 50.5 cm³/mol. The molecule has 0 aliphatic rings. The average Bonchev–Trinajstić information content (AvgIpc) is 2.05. The molecule has 0 aliphatic heterocycles. The Labute approximate surface area is 96.4 Å². The van der Waals surface area contributed by atoms with Gasteiger partial charge in [-0.15, -0.1) is 0 Å². The Bertz CT molecular complexity index is 526. The van der Waals surface area contributed by atoms with Gasteiger partial charge < -0.3 is 0 Å². The second kappa shape index (κ2) is 3.97. The summed E-state index contributed by atoms with van der Waals surface area (Å²) >= 11 is 2.49. The van der Waals surface area contributed by atoms with Crippen molar-refractivity contribution >= 4 is 26.0 Å². The van der Waals surface area contributed by atoms with E-state index in [1.165, 1.54) is 0 Å². The van der Waals surface area contributed by atoms with Crippen LogP contribution < -0.4 is 5.14 Å². The lowest BCUT2D eigenvalue weighted by Crippen LogP contribution is -2.16. The molecule has 16 heavy (non-hydrogen) atoms. The Balaban J connectivity index is 3.59. The molecule has 1 aromatic rings. The van der Waals surface area contributed by atoms with Crippen molar-refractivity contribution < 1.29 is 26.0 Å². The highest BCUT2D eigenvalue weighted by molar-refractivity contribution is 9.10. The zero-order valence-corrected chi connectivity index (χ0v) is 9.75. The van der Waals surface area contributed by atoms with Gasteiger partial charge in [0.25, 0.3) is 0 Å². The van der Waals surface area contributed by atoms with E-state index in [-0.39, 0.29) is 6.07 Å². The van der Waals surface area contributed by atoms with Crippen molar-refractivity contribution in [1.82, 2.24) is 0 Å². The molecule has 2 N–H and O–H groups in total. The van der Waals surface area contributed by atoms with Gasteiger partial charge in [-0.2, -0.15) is 13.2 Å².